The minimum absolute atomic E-state index is 0.132. The molecule has 0 aliphatic carbocycles. The topological polar surface area (TPSA) is 75.2 Å². The monoisotopic (exact) mass is 448 g/mol. The Hall–Kier alpha value is -3.25. The molecule has 1 saturated heterocycles. The van der Waals surface area contributed by atoms with Crippen molar-refractivity contribution in [3.63, 3.8) is 0 Å². The van der Waals surface area contributed by atoms with Gasteiger partial charge in [0, 0.05) is 28.9 Å². The first kappa shape index (κ1) is 22.0. The first-order valence-corrected chi connectivity index (χ1v) is 11.0. The normalized spacial score (nSPS) is 16.1. The molecular weight excluding hydrogens is 424 g/mol. The van der Waals surface area contributed by atoms with Gasteiger partial charge in [-0.15, -0.1) is 0 Å². The second-order valence-electron chi connectivity index (χ2n) is 8.42. The molecule has 164 valence electrons. The quantitative estimate of drug-likeness (QED) is 0.615. The van der Waals surface area contributed by atoms with Gasteiger partial charge in [-0.25, -0.2) is 9.97 Å². The Bertz CT molecular complexity index is 1130. The van der Waals surface area contributed by atoms with Crippen LogP contribution in [0.25, 0.3) is 11.4 Å². The van der Waals surface area contributed by atoms with E-state index in [1.54, 1.807) is 50.4 Å². The first-order chi connectivity index (χ1) is 15.3. The first-order valence-electron chi connectivity index (χ1n) is 10.6. The van der Waals surface area contributed by atoms with Crippen molar-refractivity contribution in [3.8, 4) is 11.4 Å². The van der Waals surface area contributed by atoms with Crippen molar-refractivity contribution in [1.82, 2.24) is 20.2 Å². The molecule has 0 saturated carbocycles. The molecule has 1 fully saturated rings. The van der Waals surface area contributed by atoms with Gasteiger partial charge in [-0.05, 0) is 57.0 Å². The number of likely N-dealkylation sites (tertiary alicyclic amines) is 1. The number of benzene rings is 2. The van der Waals surface area contributed by atoms with Gasteiger partial charge < -0.3 is 10.2 Å². The Morgan fingerprint density at radius 2 is 1.88 bits per heavy atom. The Labute approximate surface area is 192 Å². The maximum absolute atomic E-state index is 13.5. The summed E-state index contributed by atoms with van der Waals surface area (Å²) < 4.78 is 0. The Morgan fingerprint density at radius 3 is 2.62 bits per heavy atom. The molecule has 0 unspecified atom stereocenters. The molecule has 7 heteroatoms. The van der Waals surface area contributed by atoms with Crippen LogP contribution in [-0.4, -0.2) is 38.8 Å². The van der Waals surface area contributed by atoms with E-state index in [1.165, 1.54) is 0 Å². The summed E-state index contributed by atoms with van der Waals surface area (Å²) in [6.45, 7) is 4.09. The standard InChI is InChI=1S/C25H25ClN4O2/c1-25(2,29-23(31)17-8-4-3-5-9-17)24(32)30-15-7-12-21(30)20-13-14-27-22(28-20)18-10-6-11-19(26)16-18/h3-6,8-11,13-14,16,21H,7,12,15H2,1-2H3,(H,29,31)/t21-/m1/s1. The fourth-order valence-corrected chi connectivity index (χ4v) is 4.19. The van der Waals surface area contributed by atoms with Gasteiger partial charge in [0.2, 0.25) is 5.91 Å². The van der Waals surface area contributed by atoms with E-state index >= 15 is 0 Å². The SMILES string of the molecule is CC(C)(NC(=O)c1ccccc1)C(=O)N1CCC[C@@H]1c1ccnc(-c2cccc(Cl)c2)n1. The average molecular weight is 449 g/mol. The van der Waals surface area contributed by atoms with Crippen molar-refractivity contribution in [2.75, 3.05) is 6.54 Å². The predicted octanol–water partition coefficient (Wildman–Crippen LogP) is 4.67. The summed E-state index contributed by atoms with van der Waals surface area (Å²) in [5.41, 5.74) is 1.07. The van der Waals surface area contributed by atoms with E-state index in [9.17, 15) is 9.59 Å². The summed E-state index contributed by atoms with van der Waals surface area (Å²) in [7, 11) is 0. The number of nitrogens with one attached hydrogen (secondary N) is 1. The van der Waals surface area contributed by atoms with E-state index in [1.807, 2.05) is 35.2 Å². The van der Waals surface area contributed by atoms with Crippen molar-refractivity contribution in [3.05, 3.63) is 83.1 Å². The van der Waals surface area contributed by atoms with E-state index in [2.05, 4.69) is 10.3 Å². The Kier molecular flexibility index (Phi) is 6.24. The molecule has 4 rings (SSSR count). The minimum atomic E-state index is -1.06. The van der Waals surface area contributed by atoms with E-state index in [0.717, 1.165) is 24.1 Å². The fourth-order valence-electron chi connectivity index (χ4n) is 4.00. The number of aromatic nitrogens is 2. The third-order valence-electron chi connectivity index (χ3n) is 5.61. The van der Waals surface area contributed by atoms with Crippen LogP contribution in [0.3, 0.4) is 0 Å². The van der Waals surface area contributed by atoms with Crippen molar-refractivity contribution in [1.29, 1.82) is 0 Å². The molecule has 0 spiro atoms. The van der Waals surface area contributed by atoms with Crippen LogP contribution in [-0.2, 0) is 4.79 Å². The van der Waals surface area contributed by atoms with Gasteiger partial charge in [-0.3, -0.25) is 9.59 Å². The number of halogens is 1. The number of nitrogens with zero attached hydrogens (tertiary/aromatic N) is 3. The van der Waals surface area contributed by atoms with Gasteiger partial charge in [0.25, 0.3) is 5.91 Å². The third kappa shape index (κ3) is 4.65. The van der Waals surface area contributed by atoms with E-state index < -0.39 is 5.54 Å². The molecule has 1 aliphatic heterocycles. The second-order valence-corrected chi connectivity index (χ2v) is 8.85. The van der Waals surface area contributed by atoms with Gasteiger partial charge in [0.1, 0.15) is 5.54 Å². The highest BCUT2D eigenvalue weighted by Gasteiger charge is 2.40. The molecule has 6 nitrogen and oxygen atoms in total. The lowest BCUT2D eigenvalue weighted by atomic mass is 10.0. The van der Waals surface area contributed by atoms with E-state index in [-0.39, 0.29) is 17.9 Å². The highest BCUT2D eigenvalue weighted by molar-refractivity contribution is 6.30. The van der Waals surface area contributed by atoms with Crippen LogP contribution in [0.1, 0.15) is 48.8 Å². The maximum atomic E-state index is 13.5. The number of carbonyl (C=O) groups is 2. The number of amides is 2. The fraction of sp³-hybridized carbons (Fsp3) is 0.280. The number of hydrogen-bond donors (Lipinski definition) is 1. The lowest BCUT2D eigenvalue weighted by molar-refractivity contribution is -0.137. The highest BCUT2D eigenvalue weighted by atomic mass is 35.5. The Balaban J connectivity index is 1.55. The van der Waals surface area contributed by atoms with Crippen LogP contribution in [0.2, 0.25) is 5.02 Å². The molecule has 1 aliphatic rings. The summed E-state index contributed by atoms with van der Waals surface area (Å²) in [5.74, 6) is 0.165. The largest absolute Gasteiger partial charge is 0.338 e. The summed E-state index contributed by atoms with van der Waals surface area (Å²) in [6.07, 6.45) is 3.39. The van der Waals surface area contributed by atoms with Gasteiger partial charge in [-0.2, -0.15) is 0 Å². The Morgan fingerprint density at radius 1 is 1.09 bits per heavy atom. The number of carbonyl (C=O) groups excluding carboxylic acids is 2. The van der Waals surface area contributed by atoms with Gasteiger partial charge in [0.05, 0.1) is 11.7 Å². The van der Waals surface area contributed by atoms with Crippen LogP contribution in [0, 0.1) is 0 Å². The zero-order valence-corrected chi connectivity index (χ0v) is 18.8. The van der Waals surface area contributed by atoms with Crippen molar-refractivity contribution in [2.24, 2.45) is 0 Å². The molecule has 2 amide bonds. The molecule has 0 bridgehead atoms. The van der Waals surface area contributed by atoms with Gasteiger partial charge in [0.15, 0.2) is 5.82 Å². The molecule has 3 aromatic rings. The summed E-state index contributed by atoms with van der Waals surface area (Å²) in [4.78, 5) is 37.1. The summed E-state index contributed by atoms with van der Waals surface area (Å²) >= 11 is 6.12. The summed E-state index contributed by atoms with van der Waals surface area (Å²) in [5, 5.41) is 3.50. The summed E-state index contributed by atoms with van der Waals surface area (Å²) in [6, 6.07) is 18.0. The zero-order valence-electron chi connectivity index (χ0n) is 18.1. The van der Waals surface area contributed by atoms with Crippen molar-refractivity contribution < 1.29 is 9.59 Å². The molecule has 2 heterocycles. The smallest absolute Gasteiger partial charge is 0.252 e. The maximum Gasteiger partial charge on any atom is 0.252 e. The lowest BCUT2D eigenvalue weighted by Crippen LogP contribution is -2.55. The zero-order chi connectivity index (χ0) is 22.7. The molecule has 1 atom stereocenters. The van der Waals surface area contributed by atoms with Gasteiger partial charge in [-0.1, -0.05) is 41.9 Å². The average Bonchev–Trinajstić information content (AvgIpc) is 3.29. The van der Waals surface area contributed by atoms with Crippen LogP contribution >= 0.6 is 11.6 Å². The molecule has 1 aromatic heterocycles. The minimum Gasteiger partial charge on any atom is -0.338 e. The van der Waals surface area contributed by atoms with Crippen LogP contribution < -0.4 is 5.32 Å². The molecule has 1 N–H and O–H groups in total. The second kappa shape index (κ2) is 9.09. The third-order valence-corrected chi connectivity index (χ3v) is 5.85. The van der Waals surface area contributed by atoms with E-state index in [4.69, 9.17) is 16.6 Å². The molecule has 0 radical (unpaired) electrons. The molecule has 2 aromatic carbocycles. The lowest BCUT2D eigenvalue weighted by Gasteiger charge is -2.33. The molecule has 32 heavy (non-hydrogen) atoms. The van der Waals surface area contributed by atoms with E-state index in [0.29, 0.717) is 23.0 Å². The van der Waals surface area contributed by atoms with Crippen molar-refractivity contribution in [2.45, 2.75) is 38.3 Å². The van der Waals surface area contributed by atoms with Gasteiger partial charge >= 0.3 is 0 Å². The molecular formula is C25H25ClN4O2. The predicted molar refractivity (Wildman–Crippen MR) is 124 cm³/mol. The number of rotatable bonds is 5. The van der Waals surface area contributed by atoms with Crippen molar-refractivity contribution >= 4 is 23.4 Å². The van der Waals surface area contributed by atoms with Crippen LogP contribution in [0.5, 0.6) is 0 Å². The number of hydrogen-bond acceptors (Lipinski definition) is 4. The van der Waals surface area contributed by atoms with Crippen LogP contribution in [0.15, 0.2) is 66.9 Å². The van der Waals surface area contributed by atoms with Crippen LogP contribution in [0.4, 0.5) is 0 Å². The highest BCUT2D eigenvalue weighted by Crippen LogP contribution is 2.33.